The summed E-state index contributed by atoms with van der Waals surface area (Å²) in [6.45, 7) is 3.04. The molecule has 0 saturated carbocycles. The Morgan fingerprint density at radius 1 is 1.29 bits per heavy atom. The van der Waals surface area contributed by atoms with Crippen LogP contribution in [0.25, 0.3) is 0 Å². The largest absolute Gasteiger partial charge is 0.482 e. The molecule has 0 aliphatic heterocycles. The van der Waals surface area contributed by atoms with Gasteiger partial charge in [-0.3, -0.25) is 0 Å². The van der Waals surface area contributed by atoms with E-state index in [2.05, 4.69) is 30.4 Å². The van der Waals surface area contributed by atoms with Crippen molar-refractivity contribution in [1.29, 1.82) is 0 Å². The predicted octanol–water partition coefficient (Wildman–Crippen LogP) is 3.67. The Kier molecular flexibility index (Phi) is 4.02. The summed E-state index contributed by atoms with van der Waals surface area (Å²) in [6, 6.07) is 8.42. The van der Waals surface area contributed by atoms with Gasteiger partial charge >= 0.3 is 0 Å². The molecule has 112 valence electrons. The van der Waals surface area contributed by atoms with E-state index in [1.165, 1.54) is 24.0 Å². The van der Waals surface area contributed by atoms with Crippen molar-refractivity contribution in [3.05, 3.63) is 53.5 Å². The van der Waals surface area contributed by atoms with Crippen molar-refractivity contribution < 1.29 is 9.15 Å². The lowest BCUT2D eigenvalue weighted by atomic mass is 9.94. The van der Waals surface area contributed by atoms with Crippen molar-refractivity contribution in [3.63, 3.8) is 0 Å². The number of benzene rings is 1. The van der Waals surface area contributed by atoms with E-state index < -0.39 is 0 Å². The molecule has 3 nitrogen and oxygen atoms in total. The summed E-state index contributed by atoms with van der Waals surface area (Å²) in [7, 11) is 1.97. The Hall–Kier alpha value is -1.74. The summed E-state index contributed by atoms with van der Waals surface area (Å²) < 4.78 is 11.8. The zero-order chi connectivity index (χ0) is 14.7. The average molecular weight is 285 g/mol. The van der Waals surface area contributed by atoms with E-state index in [4.69, 9.17) is 9.15 Å². The molecule has 1 aromatic carbocycles. The molecule has 0 unspecified atom stereocenters. The number of rotatable bonds is 6. The molecule has 1 aliphatic carbocycles. The first kappa shape index (κ1) is 14.2. The van der Waals surface area contributed by atoms with E-state index in [1.807, 2.05) is 13.1 Å². The summed E-state index contributed by atoms with van der Waals surface area (Å²) in [6.07, 6.45) is 7.93. The molecular weight excluding hydrogens is 262 g/mol. The van der Waals surface area contributed by atoms with Gasteiger partial charge in [-0.2, -0.15) is 0 Å². The quantitative estimate of drug-likeness (QED) is 0.879. The molecule has 1 aliphatic rings. The van der Waals surface area contributed by atoms with Crippen molar-refractivity contribution in [2.45, 2.75) is 38.2 Å². The second-order valence-corrected chi connectivity index (χ2v) is 5.95. The van der Waals surface area contributed by atoms with Gasteiger partial charge in [-0.05, 0) is 63.0 Å². The molecule has 0 amide bonds. The van der Waals surface area contributed by atoms with Gasteiger partial charge in [-0.25, -0.2) is 0 Å². The lowest BCUT2D eigenvalue weighted by Gasteiger charge is -2.31. The summed E-state index contributed by atoms with van der Waals surface area (Å²) in [5, 5.41) is 3.21. The van der Waals surface area contributed by atoms with Gasteiger partial charge in [0, 0.05) is 12.0 Å². The normalized spacial score (nSPS) is 16.5. The Labute approximate surface area is 126 Å². The second kappa shape index (κ2) is 5.94. The molecule has 0 spiro atoms. The Morgan fingerprint density at radius 3 is 2.95 bits per heavy atom. The van der Waals surface area contributed by atoms with E-state index in [0.29, 0.717) is 0 Å². The van der Waals surface area contributed by atoms with Crippen molar-refractivity contribution in [3.8, 4) is 5.75 Å². The molecule has 0 radical (unpaired) electrons. The fourth-order valence-corrected chi connectivity index (χ4v) is 3.11. The van der Waals surface area contributed by atoms with Crippen molar-refractivity contribution in [1.82, 2.24) is 5.32 Å². The Balaban J connectivity index is 1.90. The van der Waals surface area contributed by atoms with Crippen LogP contribution in [0, 0.1) is 0 Å². The molecule has 3 rings (SSSR count). The monoisotopic (exact) mass is 285 g/mol. The number of furan rings is 1. The number of hydrogen-bond donors (Lipinski definition) is 1. The van der Waals surface area contributed by atoms with Gasteiger partial charge in [-0.15, -0.1) is 0 Å². The van der Waals surface area contributed by atoms with Gasteiger partial charge < -0.3 is 14.5 Å². The highest BCUT2D eigenvalue weighted by Crippen LogP contribution is 2.37. The standard InChI is InChI=1S/C18H23NO2/c1-18(10-11-19-2,15-9-12-20-13-15)21-17-8-4-6-14-5-3-7-16(14)17/h4,6,8-9,12-13,19H,3,5,7,10-11H2,1-2H3/t18-/m0/s1. The van der Waals surface area contributed by atoms with Crippen LogP contribution in [0.15, 0.2) is 41.2 Å². The van der Waals surface area contributed by atoms with Gasteiger partial charge in [0.2, 0.25) is 0 Å². The third-order valence-corrected chi connectivity index (χ3v) is 4.42. The number of ether oxygens (including phenoxy) is 1. The lowest BCUT2D eigenvalue weighted by Crippen LogP contribution is -2.33. The molecule has 0 fully saturated rings. The molecular formula is C18H23NO2. The van der Waals surface area contributed by atoms with Crippen LogP contribution in [0.1, 0.15) is 36.5 Å². The van der Waals surface area contributed by atoms with Gasteiger partial charge in [-0.1, -0.05) is 12.1 Å². The Morgan fingerprint density at radius 2 is 2.19 bits per heavy atom. The number of nitrogens with one attached hydrogen (secondary N) is 1. The smallest absolute Gasteiger partial charge is 0.135 e. The minimum atomic E-state index is -0.367. The van der Waals surface area contributed by atoms with Crippen LogP contribution in [0.2, 0.25) is 0 Å². The van der Waals surface area contributed by atoms with E-state index in [9.17, 15) is 0 Å². The SMILES string of the molecule is CNCC[C@](C)(Oc1cccc2c1CCC2)c1ccoc1. The lowest BCUT2D eigenvalue weighted by molar-refractivity contribution is 0.0758. The Bertz CT molecular complexity index is 591. The van der Waals surface area contributed by atoms with Crippen LogP contribution < -0.4 is 10.1 Å². The summed E-state index contributed by atoms with van der Waals surface area (Å²) in [5.74, 6) is 1.03. The van der Waals surface area contributed by atoms with Crippen molar-refractivity contribution >= 4 is 0 Å². The maximum Gasteiger partial charge on any atom is 0.135 e. The van der Waals surface area contributed by atoms with Crippen LogP contribution in [0.3, 0.4) is 0 Å². The molecule has 0 saturated heterocycles. The fraction of sp³-hybridized carbons (Fsp3) is 0.444. The maximum absolute atomic E-state index is 6.49. The fourth-order valence-electron chi connectivity index (χ4n) is 3.11. The third-order valence-electron chi connectivity index (χ3n) is 4.42. The zero-order valence-corrected chi connectivity index (χ0v) is 12.8. The highest BCUT2D eigenvalue weighted by Gasteiger charge is 2.31. The predicted molar refractivity (Wildman–Crippen MR) is 83.7 cm³/mol. The van der Waals surface area contributed by atoms with E-state index >= 15 is 0 Å². The third kappa shape index (κ3) is 2.84. The molecule has 1 aromatic heterocycles. The highest BCUT2D eigenvalue weighted by atomic mass is 16.5. The van der Waals surface area contributed by atoms with Crippen LogP contribution in [0.5, 0.6) is 5.75 Å². The first-order valence-electron chi connectivity index (χ1n) is 7.70. The van der Waals surface area contributed by atoms with Crippen LogP contribution in [-0.4, -0.2) is 13.6 Å². The molecule has 1 atom stereocenters. The van der Waals surface area contributed by atoms with Gasteiger partial charge in [0.15, 0.2) is 0 Å². The summed E-state index contributed by atoms with van der Waals surface area (Å²) >= 11 is 0. The second-order valence-electron chi connectivity index (χ2n) is 5.95. The van der Waals surface area contributed by atoms with E-state index in [0.717, 1.165) is 30.7 Å². The molecule has 1 N–H and O–H groups in total. The first-order chi connectivity index (χ1) is 10.2. The number of hydrogen-bond acceptors (Lipinski definition) is 3. The number of fused-ring (bicyclic) bond motifs is 1. The minimum absolute atomic E-state index is 0.367. The topological polar surface area (TPSA) is 34.4 Å². The van der Waals surface area contributed by atoms with E-state index in [1.54, 1.807) is 12.5 Å². The summed E-state index contributed by atoms with van der Waals surface area (Å²) in [5.41, 5.74) is 3.55. The summed E-state index contributed by atoms with van der Waals surface area (Å²) in [4.78, 5) is 0. The molecule has 2 aromatic rings. The minimum Gasteiger partial charge on any atom is -0.482 e. The maximum atomic E-state index is 6.49. The molecule has 0 bridgehead atoms. The van der Waals surface area contributed by atoms with Crippen LogP contribution >= 0.6 is 0 Å². The van der Waals surface area contributed by atoms with E-state index in [-0.39, 0.29) is 5.60 Å². The van der Waals surface area contributed by atoms with Gasteiger partial charge in [0.05, 0.1) is 12.5 Å². The highest BCUT2D eigenvalue weighted by molar-refractivity contribution is 5.43. The van der Waals surface area contributed by atoms with Crippen LogP contribution in [-0.2, 0) is 18.4 Å². The van der Waals surface area contributed by atoms with Crippen molar-refractivity contribution in [2.24, 2.45) is 0 Å². The molecule has 1 heterocycles. The molecule has 21 heavy (non-hydrogen) atoms. The first-order valence-corrected chi connectivity index (χ1v) is 7.70. The van der Waals surface area contributed by atoms with Crippen LogP contribution in [0.4, 0.5) is 0 Å². The van der Waals surface area contributed by atoms with Crippen molar-refractivity contribution in [2.75, 3.05) is 13.6 Å². The average Bonchev–Trinajstić information content (AvgIpc) is 3.16. The zero-order valence-electron chi connectivity index (χ0n) is 12.8. The van der Waals surface area contributed by atoms with Gasteiger partial charge in [0.25, 0.3) is 0 Å². The molecule has 3 heteroatoms. The van der Waals surface area contributed by atoms with Gasteiger partial charge in [0.1, 0.15) is 11.4 Å². The number of aryl methyl sites for hydroxylation is 1.